The van der Waals surface area contributed by atoms with E-state index in [-0.39, 0.29) is 36.0 Å². The third-order valence-electron chi connectivity index (χ3n) is 13.5. The van der Waals surface area contributed by atoms with Crippen LogP contribution in [0.1, 0.15) is 115 Å². The van der Waals surface area contributed by atoms with Crippen molar-refractivity contribution < 1.29 is 43.9 Å². The van der Waals surface area contributed by atoms with Crippen molar-refractivity contribution in [1.29, 1.82) is 0 Å². The van der Waals surface area contributed by atoms with Gasteiger partial charge in [-0.05, 0) is 128 Å². The van der Waals surface area contributed by atoms with Gasteiger partial charge in [-0.15, -0.1) is 0 Å². The molecule has 4 fully saturated rings. The monoisotopic (exact) mass is 819 g/mol. The van der Waals surface area contributed by atoms with Crippen LogP contribution in [0.15, 0.2) is 12.1 Å². The van der Waals surface area contributed by atoms with Gasteiger partial charge in [-0.1, -0.05) is 40.5 Å². The molecule has 4 aliphatic heterocycles. The fraction of sp³-hybridized carbons (Fsp3) is 0.786. The average molecular weight is 820 g/mol. The second kappa shape index (κ2) is 19.2. The lowest BCUT2D eigenvalue weighted by molar-refractivity contribution is -0.180. The first-order chi connectivity index (χ1) is 26.8. The van der Waals surface area contributed by atoms with Gasteiger partial charge in [0.15, 0.2) is 11.5 Å². The van der Waals surface area contributed by atoms with E-state index in [1.54, 1.807) is 27.7 Å². The minimum absolute atomic E-state index is 0.0113. The van der Waals surface area contributed by atoms with Crippen LogP contribution in [0.25, 0.3) is 0 Å². The van der Waals surface area contributed by atoms with E-state index in [0.717, 1.165) is 43.2 Å². The molecule has 8 atom stereocenters. The first-order valence-corrected chi connectivity index (χ1v) is 23.5. The summed E-state index contributed by atoms with van der Waals surface area (Å²) in [6.45, 7) is 5.20. The van der Waals surface area contributed by atoms with Gasteiger partial charge in [-0.2, -0.15) is 0 Å². The zero-order valence-electron chi connectivity index (χ0n) is 33.6. The first-order valence-electron chi connectivity index (χ1n) is 21.0. The van der Waals surface area contributed by atoms with E-state index in [0.29, 0.717) is 101 Å². The van der Waals surface area contributed by atoms with Crippen molar-refractivity contribution in [3.63, 3.8) is 0 Å². The van der Waals surface area contributed by atoms with Gasteiger partial charge in [0, 0.05) is 48.3 Å². The highest BCUT2D eigenvalue weighted by molar-refractivity contribution is 8.76. The molecule has 0 aromatic heterocycles. The van der Waals surface area contributed by atoms with Gasteiger partial charge in [-0.25, -0.2) is 4.79 Å². The Hall–Kier alpha value is -2.23. The van der Waals surface area contributed by atoms with Gasteiger partial charge in [-0.3, -0.25) is 9.59 Å². The van der Waals surface area contributed by atoms with Gasteiger partial charge >= 0.3 is 11.9 Å². The van der Waals surface area contributed by atoms with Crippen LogP contribution in [0.3, 0.4) is 0 Å². The Bertz CT molecular complexity index is 1520. The quantitative estimate of drug-likeness (QED) is 0.138. The number of carbonyl (C=O) groups is 3. The largest absolute Gasteiger partial charge is 0.504 e. The zero-order valence-corrected chi connectivity index (χ0v) is 35.2. The molecule has 0 unspecified atom stereocenters. The minimum atomic E-state index is -1.10. The predicted octanol–water partition coefficient (Wildman–Crippen LogP) is 4.97. The molecule has 56 heavy (non-hydrogen) atoms. The van der Waals surface area contributed by atoms with E-state index in [2.05, 4.69) is 16.0 Å². The molecule has 12 nitrogen and oxygen atoms in total. The number of nitrogens with one attached hydrogen (secondary N) is 3. The van der Waals surface area contributed by atoms with E-state index in [1.807, 2.05) is 20.0 Å². The molecule has 14 heteroatoms. The van der Waals surface area contributed by atoms with Gasteiger partial charge in [0.05, 0.1) is 18.3 Å². The number of aliphatic hydroxyl groups is 2. The van der Waals surface area contributed by atoms with Crippen LogP contribution in [0, 0.1) is 17.3 Å². The number of likely N-dealkylation sites (N-methyl/N-ethyl adjacent to an activating group) is 1. The highest BCUT2D eigenvalue weighted by Crippen LogP contribution is 2.47. The third-order valence-corrected chi connectivity index (χ3v) is 16.1. The van der Waals surface area contributed by atoms with Crippen molar-refractivity contribution in [3.8, 4) is 11.5 Å². The van der Waals surface area contributed by atoms with Gasteiger partial charge in [0.25, 0.3) is 0 Å². The number of hydrogen-bond donors (Lipinski definition) is 6. The summed E-state index contributed by atoms with van der Waals surface area (Å²) < 4.78 is 19.2. The lowest BCUT2D eigenvalue weighted by Crippen LogP contribution is -2.65. The van der Waals surface area contributed by atoms with Crippen LogP contribution < -0.4 is 20.7 Å². The summed E-state index contributed by atoms with van der Waals surface area (Å²) in [5.41, 5.74) is -0.617. The molecule has 1 aromatic rings. The number of phenols is 1. The summed E-state index contributed by atoms with van der Waals surface area (Å²) in [5.74, 6) is 0.617. The van der Waals surface area contributed by atoms with Crippen molar-refractivity contribution in [3.05, 3.63) is 23.3 Å². The second-order valence-corrected chi connectivity index (χ2v) is 20.0. The van der Waals surface area contributed by atoms with Crippen LogP contribution >= 0.6 is 21.6 Å². The Morgan fingerprint density at radius 1 is 1.02 bits per heavy atom. The molecule has 4 heterocycles. The van der Waals surface area contributed by atoms with Crippen molar-refractivity contribution in [1.82, 2.24) is 16.0 Å². The Kier molecular flexibility index (Phi) is 14.9. The topological polar surface area (TPSA) is 176 Å². The normalized spacial score (nSPS) is 32.4. The average Bonchev–Trinajstić information content (AvgIpc) is 3.18. The number of phenolic OH excluding ortho intramolecular Hbond substituents is 1. The molecule has 1 aromatic carbocycles. The van der Waals surface area contributed by atoms with Gasteiger partial charge in [0.2, 0.25) is 5.91 Å². The number of rotatable bonds is 10. The highest BCUT2D eigenvalue weighted by Gasteiger charge is 2.54. The maximum Gasteiger partial charge on any atom is 0.332 e. The van der Waals surface area contributed by atoms with Crippen molar-refractivity contribution >= 4 is 39.4 Å². The summed E-state index contributed by atoms with van der Waals surface area (Å²) in [6, 6.07) is 3.51. The maximum absolute atomic E-state index is 15.0. The molecular weight excluding hydrogens is 755 g/mol. The Morgan fingerprint density at radius 2 is 1.82 bits per heavy atom. The molecule has 1 saturated carbocycles. The van der Waals surface area contributed by atoms with E-state index in [1.165, 1.54) is 6.92 Å². The summed E-state index contributed by atoms with van der Waals surface area (Å²) in [4.78, 5) is 41.0. The van der Waals surface area contributed by atoms with Crippen molar-refractivity contribution in [2.24, 2.45) is 17.3 Å². The predicted molar refractivity (Wildman–Crippen MR) is 219 cm³/mol. The van der Waals surface area contributed by atoms with Crippen LogP contribution in [-0.4, -0.2) is 107 Å². The summed E-state index contributed by atoms with van der Waals surface area (Å²) in [5, 5.41) is 43.5. The number of benzene rings is 1. The summed E-state index contributed by atoms with van der Waals surface area (Å²) >= 11 is 0. The van der Waals surface area contributed by atoms with Crippen molar-refractivity contribution in [2.45, 2.75) is 152 Å². The number of fused-ring (bicyclic) bond motifs is 2. The molecule has 1 amide bonds. The SMILES string of the molecule is CN[C@@H]1CSSC[C@@](C)(O)CC[C@@H]([C@H](C[C@@H](OC(=O)[C@]23CCCC[C@H]2CCC(=O)N3)C2(Cc3ccc(O)c4c3CCCO4)CCNCC2)OC(C)=O)CC[C@H]1O. The lowest BCUT2D eigenvalue weighted by Gasteiger charge is -2.49. The van der Waals surface area contributed by atoms with E-state index >= 15 is 0 Å². The number of ether oxygens (including phenoxy) is 3. The Morgan fingerprint density at radius 3 is 2.59 bits per heavy atom. The lowest BCUT2D eigenvalue weighted by atomic mass is 9.66. The van der Waals surface area contributed by atoms with Crippen LogP contribution in [-0.2, 0) is 36.7 Å². The Balaban J connectivity index is 1.40. The Labute approximate surface area is 340 Å². The molecule has 6 rings (SSSR count). The number of amides is 1. The number of aliphatic hydroxyl groups excluding tert-OH is 1. The van der Waals surface area contributed by atoms with Crippen LogP contribution in [0.2, 0.25) is 0 Å². The number of esters is 2. The van der Waals surface area contributed by atoms with Gasteiger partial charge < -0.3 is 45.5 Å². The summed E-state index contributed by atoms with van der Waals surface area (Å²) in [6.07, 6.45) is 8.04. The second-order valence-electron chi connectivity index (χ2n) is 17.5. The molecular formula is C42H65N3O9S2. The number of piperidine rings is 2. The first kappa shape index (κ1) is 43.4. The fourth-order valence-corrected chi connectivity index (χ4v) is 13.0. The highest BCUT2D eigenvalue weighted by atomic mass is 33.1. The zero-order chi connectivity index (χ0) is 39.9. The van der Waals surface area contributed by atoms with E-state index in [4.69, 9.17) is 14.2 Å². The molecule has 6 N–H and O–H groups in total. The molecule has 1 aliphatic carbocycles. The molecule has 314 valence electrons. The van der Waals surface area contributed by atoms with Crippen LogP contribution in [0.5, 0.6) is 11.5 Å². The number of aromatic hydroxyl groups is 1. The fourth-order valence-electron chi connectivity index (χ4n) is 10.1. The smallest absolute Gasteiger partial charge is 0.332 e. The van der Waals surface area contributed by atoms with Crippen molar-refractivity contribution in [2.75, 3.05) is 38.2 Å². The van der Waals surface area contributed by atoms with E-state index < -0.39 is 46.8 Å². The maximum atomic E-state index is 15.0. The van der Waals surface area contributed by atoms with Crippen LogP contribution in [0.4, 0.5) is 0 Å². The molecule has 0 bridgehead atoms. The summed E-state index contributed by atoms with van der Waals surface area (Å²) in [7, 11) is 5.09. The van der Waals surface area contributed by atoms with E-state index in [9.17, 15) is 29.7 Å². The van der Waals surface area contributed by atoms with Gasteiger partial charge in [0.1, 0.15) is 17.7 Å². The molecule has 0 radical (unpaired) electrons. The number of carbonyl (C=O) groups excluding carboxylic acids is 3. The molecule has 5 aliphatic rings. The minimum Gasteiger partial charge on any atom is -0.504 e. The molecule has 3 saturated heterocycles. The standard InChI is InChI=1S/C42H65N3O9S2/c1-27(46)53-35(28-9-12-33(47)32(43-3)25-55-56-26-40(2,51)17-15-28)23-36(54-39(50)42-16-5-4-7-30(42)11-14-37(49)45-42)41(18-20-44-21-19-41)24-29-10-13-34(48)38-31(29)8-6-22-52-38/h10,13,28,30,32-33,35-36,43-44,47-48,51H,4-9,11-12,14-26H2,1-3H3,(H,45,49)/t28-,30-,32+,33+,35-,36+,40-,42-/m0/s1. The third kappa shape index (κ3) is 10.3. The molecule has 0 spiro atoms. The number of hydrogen-bond acceptors (Lipinski definition) is 13.